The number of hydrogen-bond donors (Lipinski definition) is 0. The van der Waals surface area contributed by atoms with Crippen LogP contribution >= 0.6 is 11.6 Å². The molecule has 3 atom stereocenters. The van der Waals surface area contributed by atoms with Crippen molar-refractivity contribution >= 4 is 23.2 Å². The van der Waals surface area contributed by atoms with Crippen molar-refractivity contribution in [3.05, 3.63) is 38.9 Å². The van der Waals surface area contributed by atoms with E-state index < -0.39 is 4.92 Å². The number of halogens is 1. The molecule has 114 valence electrons. The number of hydrogen-bond acceptors (Lipinski definition) is 3. The lowest BCUT2D eigenvalue weighted by molar-refractivity contribution is -0.385. The summed E-state index contributed by atoms with van der Waals surface area (Å²) in [6, 6.07) is 4.54. The summed E-state index contributed by atoms with van der Waals surface area (Å²) in [4.78, 5) is 25.1. The monoisotopic (exact) mass is 310 g/mol. The fraction of sp³-hybridized carbons (Fsp3) is 0.533. The molecule has 0 spiro atoms. The Morgan fingerprint density at radius 3 is 2.67 bits per heavy atom. The molecule has 1 aromatic carbocycles. The number of nitrogens with zero attached hydrogens (tertiary/aromatic N) is 2. The Kier molecular flexibility index (Phi) is 4.52. The fourth-order valence-electron chi connectivity index (χ4n) is 3.01. The topological polar surface area (TPSA) is 63.5 Å². The minimum atomic E-state index is -0.586. The summed E-state index contributed by atoms with van der Waals surface area (Å²) in [6.07, 6.45) is 1.06. The molecular formula is C15H19ClN2O3. The minimum Gasteiger partial charge on any atom is -0.335 e. The molecular weight excluding hydrogens is 292 g/mol. The van der Waals surface area contributed by atoms with Gasteiger partial charge in [-0.1, -0.05) is 31.5 Å². The highest BCUT2D eigenvalue weighted by Gasteiger charge is 2.35. The summed E-state index contributed by atoms with van der Waals surface area (Å²) in [5.74, 6) is 0.449. The second-order valence-electron chi connectivity index (χ2n) is 5.91. The first-order valence-corrected chi connectivity index (χ1v) is 7.44. The van der Waals surface area contributed by atoms with Gasteiger partial charge in [0, 0.05) is 12.6 Å². The van der Waals surface area contributed by atoms with E-state index in [9.17, 15) is 14.9 Å². The number of piperidine rings is 1. The fourth-order valence-corrected chi connectivity index (χ4v) is 3.25. The van der Waals surface area contributed by atoms with Gasteiger partial charge in [0.2, 0.25) is 0 Å². The average molecular weight is 311 g/mol. The highest BCUT2D eigenvalue weighted by atomic mass is 35.5. The van der Waals surface area contributed by atoms with E-state index in [1.165, 1.54) is 12.1 Å². The summed E-state index contributed by atoms with van der Waals surface area (Å²) in [6.45, 7) is 6.81. The predicted molar refractivity (Wildman–Crippen MR) is 81.5 cm³/mol. The smallest absolute Gasteiger partial charge is 0.300 e. The van der Waals surface area contributed by atoms with E-state index in [0.29, 0.717) is 18.4 Å². The summed E-state index contributed by atoms with van der Waals surface area (Å²) in [5.41, 5.74) is -0.233. The Morgan fingerprint density at radius 1 is 1.38 bits per heavy atom. The molecule has 0 aliphatic carbocycles. The summed E-state index contributed by atoms with van der Waals surface area (Å²) in [5, 5.41) is 11.2. The SMILES string of the molecule is CC1CC(C)C(C)N(C(=O)c2cccc(Cl)c2[N+](=O)[O-])C1. The Morgan fingerprint density at radius 2 is 2.05 bits per heavy atom. The number of rotatable bonds is 2. The molecule has 1 aliphatic rings. The standard InChI is InChI=1S/C15H19ClN2O3/c1-9-7-10(2)11(3)17(8-9)15(19)12-5-4-6-13(16)14(12)18(20)21/h4-6,9-11H,7-8H2,1-3H3. The third-order valence-electron chi connectivity index (χ3n) is 4.26. The van der Waals surface area contributed by atoms with Gasteiger partial charge in [-0.25, -0.2) is 0 Å². The molecule has 1 aromatic rings. The number of carbonyl (C=O) groups excluding carboxylic acids is 1. The van der Waals surface area contributed by atoms with E-state index in [4.69, 9.17) is 11.6 Å². The molecule has 0 aromatic heterocycles. The molecule has 0 saturated carbocycles. The van der Waals surface area contributed by atoms with Crippen LogP contribution in [0.4, 0.5) is 5.69 Å². The van der Waals surface area contributed by atoms with Crippen LogP contribution in [-0.4, -0.2) is 28.3 Å². The maximum absolute atomic E-state index is 12.7. The number of para-hydroxylation sites is 1. The molecule has 1 aliphatic heterocycles. The van der Waals surface area contributed by atoms with Gasteiger partial charge in [0.25, 0.3) is 5.91 Å². The molecule has 1 heterocycles. The third-order valence-corrected chi connectivity index (χ3v) is 4.56. The number of benzene rings is 1. The highest BCUT2D eigenvalue weighted by Crippen LogP contribution is 2.33. The number of carbonyl (C=O) groups is 1. The quantitative estimate of drug-likeness (QED) is 0.617. The van der Waals surface area contributed by atoms with Gasteiger partial charge < -0.3 is 4.90 Å². The van der Waals surface area contributed by atoms with Crippen molar-refractivity contribution in [1.29, 1.82) is 0 Å². The summed E-state index contributed by atoms with van der Waals surface area (Å²) >= 11 is 5.89. The van der Waals surface area contributed by atoms with Crippen LogP contribution in [0.2, 0.25) is 5.02 Å². The van der Waals surface area contributed by atoms with E-state index >= 15 is 0 Å². The lowest BCUT2D eigenvalue weighted by Gasteiger charge is -2.41. The molecule has 0 radical (unpaired) electrons. The number of nitro groups is 1. The van der Waals surface area contributed by atoms with Crippen LogP contribution in [0.25, 0.3) is 0 Å². The van der Waals surface area contributed by atoms with E-state index in [1.807, 2.05) is 6.92 Å². The Bertz CT molecular complexity index is 576. The van der Waals surface area contributed by atoms with Gasteiger partial charge in [-0.05, 0) is 37.3 Å². The summed E-state index contributed by atoms with van der Waals surface area (Å²) < 4.78 is 0. The first-order chi connectivity index (χ1) is 9.82. The Hall–Kier alpha value is -1.62. The molecule has 2 rings (SSSR count). The van der Waals surface area contributed by atoms with Crippen molar-refractivity contribution < 1.29 is 9.72 Å². The maximum Gasteiger partial charge on any atom is 0.300 e. The number of amides is 1. The van der Waals surface area contributed by atoms with Crippen LogP contribution in [0.1, 0.15) is 37.6 Å². The molecule has 0 bridgehead atoms. The van der Waals surface area contributed by atoms with Crippen LogP contribution in [0.3, 0.4) is 0 Å². The van der Waals surface area contributed by atoms with Crippen molar-refractivity contribution in [2.75, 3.05) is 6.54 Å². The van der Waals surface area contributed by atoms with E-state index in [-0.39, 0.29) is 28.2 Å². The molecule has 5 nitrogen and oxygen atoms in total. The van der Waals surface area contributed by atoms with Crippen LogP contribution in [0, 0.1) is 22.0 Å². The van der Waals surface area contributed by atoms with Gasteiger partial charge in [-0.3, -0.25) is 14.9 Å². The second kappa shape index (κ2) is 6.02. The van der Waals surface area contributed by atoms with Gasteiger partial charge in [-0.15, -0.1) is 0 Å². The lowest BCUT2D eigenvalue weighted by atomic mass is 9.85. The molecule has 1 fully saturated rings. The zero-order chi connectivity index (χ0) is 15.7. The zero-order valence-corrected chi connectivity index (χ0v) is 13.1. The molecule has 3 unspecified atom stereocenters. The highest BCUT2D eigenvalue weighted by molar-refractivity contribution is 6.33. The van der Waals surface area contributed by atoms with Crippen molar-refractivity contribution in [3.63, 3.8) is 0 Å². The Balaban J connectivity index is 2.40. The lowest BCUT2D eigenvalue weighted by Crippen LogP contribution is -2.49. The molecule has 6 heteroatoms. The van der Waals surface area contributed by atoms with Crippen LogP contribution < -0.4 is 0 Å². The molecule has 1 saturated heterocycles. The van der Waals surface area contributed by atoms with Crippen molar-refractivity contribution in [3.8, 4) is 0 Å². The van der Waals surface area contributed by atoms with Gasteiger partial charge in [-0.2, -0.15) is 0 Å². The van der Waals surface area contributed by atoms with Crippen molar-refractivity contribution in [2.45, 2.75) is 33.2 Å². The molecule has 0 N–H and O–H groups in total. The van der Waals surface area contributed by atoms with E-state index in [1.54, 1.807) is 11.0 Å². The molecule has 1 amide bonds. The van der Waals surface area contributed by atoms with Gasteiger partial charge >= 0.3 is 5.69 Å². The normalized spacial score (nSPS) is 25.7. The molecule has 21 heavy (non-hydrogen) atoms. The minimum absolute atomic E-state index is 0.00314. The van der Waals surface area contributed by atoms with Crippen LogP contribution in [0.5, 0.6) is 0 Å². The third kappa shape index (κ3) is 3.02. The first-order valence-electron chi connectivity index (χ1n) is 7.06. The van der Waals surface area contributed by atoms with Crippen LogP contribution in [-0.2, 0) is 0 Å². The first kappa shape index (κ1) is 15.8. The van der Waals surface area contributed by atoms with Crippen LogP contribution in [0.15, 0.2) is 18.2 Å². The largest absolute Gasteiger partial charge is 0.335 e. The summed E-state index contributed by atoms with van der Waals surface area (Å²) in [7, 11) is 0. The average Bonchev–Trinajstić information content (AvgIpc) is 2.41. The van der Waals surface area contributed by atoms with E-state index in [0.717, 1.165) is 6.42 Å². The Labute approximate surface area is 129 Å². The predicted octanol–water partition coefficient (Wildman–Crippen LogP) is 3.75. The second-order valence-corrected chi connectivity index (χ2v) is 6.32. The van der Waals surface area contributed by atoms with Crippen molar-refractivity contribution in [2.24, 2.45) is 11.8 Å². The van der Waals surface area contributed by atoms with E-state index in [2.05, 4.69) is 13.8 Å². The van der Waals surface area contributed by atoms with Gasteiger partial charge in [0.1, 0.15) is 10.6 Å². The van der Waals surface area contributed by atoms with Crippen molar-refractivity contribution in [1.82, 2.24) is 4.90 Å². The van der Waals surface area contributed by atoms with Gasteiger partial charge in [0.05, 0.1) is 4.92 Å². The number of nitro benzene ring substituents is 1. The zero-order valence-electron chi connectivity index (χ0n) is 12.4. The maximum atomic E-state index is 12.7. The van der Waals surface area contributed by atoms with Gasteiger partial charge in [0.15, 0.2) is 0 Å². The number of likely N-dealkylation sites (tertiary alicyclic amines) is 1.